The average molecular weight is 406 g/mol. The van der Waals surface area contributed by atoms with Crippen LogP contribution in [-0.4, -0.2) is 46.5 Å². The number of aromatic nitrogens is 3. The number of amides is 1. The van der Waals surface area contributed by atoms with Gasteiger partial charge in [-0.15, -0.1) is 12.4 Å². The first-order valence-corrected chi connectivity index (χ1v) is 8.13. The Morgan fingerprint density at radius 3 is 2.81 bits per heavy atom. The number of hydrogen-bond donors (Lipinski definition) is 2. The van der Waals surface area contributed by atoms with Gasteiger partial charge in [0.05, 0.1) is 17.9 Å². The van der Waals surface area contributed by atoms with E-state index < -0.39 is 18.7 Å². The molecular weight excluding hydrogens is 387 g/mol. The van der Waals surface area contributed by atoms with Gasteiger partial charge < -0.3 is 15.4 Å². The summed E-state index contributed by atoms with van der Waals surface area (Å²) in [5.74, 6) is -0.590. The van der Waals surface area contributed by atoms with Crippen molar-refractivity contribution in [2.45, 2.75) is 25.1 Å². The molecule has 0 spiro atoms. The van der Waals surface area contributed by atoms with Gasteiger partial charge in [0.25, 0.3) is 5.91 Å². The predicted molar refractivity (Wildman–Crippen MR) is 94.4 cm³/mol. The molecule has 0 aliphatic carbocycles. The number of carbonyl (C=O) groups excluding carboxylic acids is 1. The van der Waals surface area contributed by atoms with E-state index in [0.717, 1.165) is 25.9 Å². The third kappa shape index (κ3) is 6.10. The quantitative estimate of drug-likeness (QED) is 0.799. The zero-order valence-electron chi connectivity index (χ0n) is 14.2. The molecule has 27 heavy (non-hydrogen) atoms. The van der Waals surface area contributed by atoms with Crippen LogP contribution in [0.5, 0.6) is 5.88 Å². The average Bonchev–Trinajstić information content (AvgIpc) is 3.11. The van der Waals surface area contributed by atoms with Crippen LogP contribution in [0.1, 0.15) is 29.4 Å². The molecule has 1 saturated heterocycles. The Bertz CT molecular complexity index is 745. The first-order valence-electron chi connectivity index (χ1n) is 8.13. The van der Waals surface area contributed by atoms with Crippen molar-refractivity contribution in [3.63, 3.8) is 0 Å². The Hall–Kier alpha value is -2.33. The summed E-state index contributed by atoms with van der Waals surface area (Å²) >= 11 is 0. The fraction of sp³-hybridized carbons (Fsp3) is 0.438. The molecule has 3 rings (SSSR count). The summed E-state index contributed by atoms with van der Waals surface area (Å²) in [4.78, 5) is 16.0. The lowest BCUT2D eigenvalue weighted by Gasteiger charge is -2.22. The van der Waals surface area contributed by atoms with Crippen molar-refractivity contribution in [1.82, 2.24) is 20.1 Å². The van der Waals surface area contributed by atoms with Crippen LogP contribution >= 0.6 is 12.4 Å². The van der Waals surface area contributed by atoms with E-state index in [4.69, 9.17) is 0 Å². The lowest BCUT2D eigenvalue weighted by Crippen LogP contribution is -2.32. The van der Waals surface area contributed by atoms with E-state index in [2.05, 4.69) is 25.5 Å². The molecule has 1 unspecified atom stereocenters. The molecule has 11 heteroatoms. The van der Waals surface area contributed by atoms with Crippen LogP contribution in [0.2, 0.25) is 0 Å². The summed E-state index contributed by atoms with van der Waals surface area (Å²) in [6.07, 6.45) is 0.616. The van der Waals surface area contributed by atoms with Crippen LogP contribution in [0.25, 0.3) is 0 Å². The molecule has 1 aliphatic rings. The van der Waals surface area contributed by atoms with Crippen molar-refractivity contribution in [2.24, 2.45) is 0 Å². The van der Waals surface area contributed by atoms with Crippen LogP contribution in [0.4, 0.5) is 18.9 Å². The Balaban J connectivity index is 0.00000261. The summed E-state index contributed by atoms with van der Waals surface area (Å²) in [7, 11) is 0. The molecule has 2 aromatic rings. The molecule has 0 aromatic carbocycles. The summed E-state index contributed by atoms with van der Waals surface area (Å²) in [5, 5.41) is 10.2. The minimum absolute atomic E-state index is 0. The van der Waals surface area contributed by atoms with Gasteiger partial charge in [0.1, 0.15) is 0 Å². The molecular formula is C16H19ClF3N5O2. The van der Waals surface area contributed by atoms with Gasteiger partial charge in [-0.25, -0.2) is 4.98 Å². The monoisotopic (exact) mass is 405 g/mol. The lowest BCUT2D eigenvalue weighted by molar-refractivity contribution is -0.154. The Morgan fingerprint density at radius 2 is 2.19 bits per heavy atom. The number of rotatable bonds is 5. The van der Waals surface area contributed by atoms with E-state index in [9.17, 15) is 18.0 Å². The summed E-state index contributed by atoms with van der Waals surface area (Å²) < 4.78 is 42.6. The standard InChI is InChI=1S/C16H18F3N5O2.ClH/c17-16(18,19)10-26-14-4-3-11(8-21-14)22-15(25)13-5-7-24(23-13)12-2-1-6-20-9-12;/h3-5,7-8,12,20H,1-2,6,9-10H2,(H,22,25);1H. The molecule has 2 N–H and O–H groups in total. The minimum atomic E-state index is -4.43. The number of halogens is 4. The first kappa shape index (κ1) is 21.0. The van der Waals surface area contributed by atoms with Crippen molar-refractivity contribution in [3.05, 3.63) is 36.3 Å². The zero-order chi connectivity index (χ0) is 18.6. The van der Waals surface area contributed by atoms with Crippen molar-refractivity contribution in [1.29, 1.82) is 0 Å². The highest BCUT2D eigenvalue weighted by molar-refractivity contribution is 6.02. The lowest BCUT2D eigenvalue weighted by atomic mass is 10.1. The highest BCUT2D eigenvalue weighted by atomic mass is 35.5. The normalized spacial score (nSPS) is 17.1. The van der Waals surface area contributed by atoms with Crippen molar-refractivity contribution >= 4 is 24.0 Å². The van der Waals surface area contributed by atoms with Gasteiger partial charge in [0, 0.05) is 18.8 Å². The number of nitrogens with zero attached hydrogens (tertiary/aromatic N) is 3. The Kier molecular flexibility index (Phi) is 7.03. The SMILES string of the molecule is Cl.O=C(Nc1ccc(OCC(F)(F)F)nc1)c1ccn(C2CCCNC2)n1. The second kappa shape index (κ2) is 9.05. The number of anilines is 1. The molecule has 0 saturated carbocycles. The third-order valence-corrected chi connectivity index (χ3v) is 3.86. The first-order chi connectivity index (χ1) is 12.4. The predicted octanol–water partition coefficient (Wildman–Crippen LogP) is 2.82. The van der Waals surface area contributed by atoms with Crippen molar-refractivity contribution in [2.75, 3.05) is 25.0 Å². The van der Waals surface area contributed by atoms with Gasteiger partial charge in [0.2, 0.25) is 5.88 Å². The molecule has 0 bridgehead atoms. The molecule has 7 nitrogen and oxygen atoms in total. The number of piperidine rings is 1. The molecule has 3 heterocycles. The fourth-order valence-corrected chi connectivity index (χ4v) is 2.61. The zero-order valence-corrected chi connectivity index (χ0v) is 15.0. The topological polar surface area (TPSA) is 81.1 Å². The summed E-state index contributed by atoms with van der Waals surface area (Å²) in [6.45, 7) is 0.381. The van der Waals surface area contributed by atoms with E-state index >= 15 is 0 Å². The van der Waals surface area contributed by atoms with Gasteiger partial charge in [-0.1, -0.05) is 0 Å². The summed E-state index contributed by atoms with van der Waals surface area (Å²) in [6, 6.07) is 4.52. The van der Waals surface area contributed by atoms with Crippen LogP contribution in [0, 0.1) is 0 Å². The number of carbonyl (C=O) groups is 1. The van der Waals surface area contributed by atoms with E-state index in [-0.39, 0.29) is 30.0 Å². The number of nitrogens with one attached hydrogen (secondary N) is 2. The van der Waals surface area contributed by atoms with Gasteiger partial charge in [0.15, 0.2) is 12.3 Å². The number of hydrogen-bond acceptors (Lipinski definition) is 5. The Labute approximate surface area is 159 Å². The van der Waals surface area contributed by atoms with Crippen molar-refractivity contribution in [3.8, 4) is 5.88 Å². The highest BCUT2D eigenvalue weighted by Crippen LogP contribution is 2.19. The van der Waals surface area contributed by atoms with E-state index in [1.165, 1.54) is 18.3 Å². The third-order valence-electron chi connectivity index (χ3n) is 3.86. The fourth-order valence-electron chi connectivity index (χ4n) is 2.61. The Morgan fingerprint density at radius 1 is 1.37 bits per heavy atom. The second-order valence-electron chi connectivity index (χ2n) is 5.92. The van der Waals surface area contributed by atoms with Gasteiger partial charge in [-0.3, -0.25) is 9.48 Å². The van der Waals surface area contributed by atoms with Crippen LogP contribution in [-0.2, 0) is 0 Å². The molecule has 2 aromatic heterocycles. The molecule has 1 atom stereocenters. The van der Waals surface area contributed by atoms with Gasteiger partial charge in [-0.05, 0) is 31.5 Å². The maximum atomic E-state index is 12.2. The van der Waals surface area contributed by atoms with E-state index in [0.29, 0.717) is 5.69 Å². The molecule has 1 amide bonds. The maximum Gasteiger partial charge on any atom is 0.422 e. The van der Waals surface area contributed by atoms with E-state index in [1.807, 2.05) is 0 Å². The minimum Gasteiger partial charge on any atom is -0.468 e. The smallest absolute Gasteiger partial charge is 0.422 e. The molecule has 148 valence electrons. The number of ether oxygens (including phenoxy) is 1. The largest absolute Gasteiger partial charge is 0.468 e. The van der Waals surface area contributed by atoms with Crippen LogP contribution in [0.3, 0.4) is 0 Å². The van der Waals surface area contributed by atoms with E-state index in [1.54, 1.807) is 16.9 Å². The highest BCUT2D eigenvalue weighted by Gasteiger charge is 2.28. The molecule has 1 aliphatic heterocycles. The molecule has 1 fully saturated rings. The van der Waals surface area contributed by atoms with Crippen molar-refractivity contribution < 1.29 is 22.7 Å². The van der Waals surface area contributed by atoms with Gasteiger partial charge in [-0.2, -0.15) is 18.3 Å². The summed E-state index contributed by atoms with van der Waals surface area (Å²) in [5.41, 5.74) is 0.594. The number of pyridine rings is 1. The molecule has 0 radical (unpaired) electrons. The number of alkyl halides is 3. The van der Waals surface area contributed by atoms with Crippen LogP contribution < -0.4 is 15.4 Å². The second-order valence-corrected chi connectivity index (χ2v) is 5.92. The van der Waals surface area contributed by atoms with Crippen LogP contribution in [0.15, 0.2) is 30.6 Å². The maximum absolute atomic E-state index is 12.2. The van der Waals surface area contributed by atoms with Gasteiger partial charge >= 0.3 is 6.18 Å².